The van der Waals surface area contributed by atoms with Crippen LogP contribution in [0.2, 0.25) is 0 Å². The van der Waals surface area contributed by atoms with Crippen molar-refractivity contribution >= 4 is 24.1 Å². The molecule has 1 aliphatic carbocycles. The normalized spacial score (nSPS) is 33.7. The van der Waals surface area contributed by atoms with E-state index in [-0.39, 0.29) is 29.6 Å². The Kier molecular flexibility index (Phi) is 10.5. The van der Waals surface area contributed by atoms with Crippen molar-refractivity contribution in [2.45, 2.75) is 54.8 Å². The number of hydrogen-bond acceptors (Lipinski definition) is 16. The molecule has 0 bridgehead atoms. The van der Waals surface area contributed by atoms with Crippen molar-refractivity contribution in [3.8, 4) is 23.0 Å². The molecular weight excluding hydrogens is 676 g/mol. The monoisotopic (exact) mass is 714 g/mol. The van der Waals surface area contributed by atoms with E-state index in [2.05, 4.69) is 0 Å². The summed E-state index contributed by atoms with van der Waals surface area (Å²) in [7, 11) is 2.79. The molecule has 3 heterocycles. The first-order valence-electron chi connectivity index (χ1n) is 15.9. The minimum absolute atomic E-state index is 0.0694. The Balaban J connectivity index is 1.21. The number of aliphatic hydroxyl groups is 4. The van der Waals surface area contributed by atoms with Crippen LogP contribution in [0, 0.1) is 11.8 Å². The summed E-state index contributed by atoms with van der Waals surface area (Å²) in [6, 6.07) is 9.03. The fourth-order valence-electron chi connectivity index (χ4n) is 6.60. The lowest BCUT2D eigenvalue weighted by Crippen LogP contribution is -2.60. The quantitative estimate of drug-likeness (QED) is 0.0990. The van der Waals surface area contributed by atoms with Gasteiger partial charge in [0.2, 0.25) is 6.29 Å². The number of fused-ring (bicyclic) bond motifs is 3. The molecule has 2 unspecified atom stereocenters. The van der Waals surface area contributed by atoms with Gasteiger partial charge in [0.15, 0.2) is 29.3 Å². The van der Waals surface area contributed by atoms with Crippen LogP contribution >= 0.6 is 0 Å². The zero-order chi connectivity index (χ0) is 36.4. The number of rotatable bonds is 12. The highest BCUT2D eigenvalue weighted by atomic mass is 16.8. The molecule has 274 valence electrons. The number of esters is 2. The summed E-state index contributed by atoms with van der Waals surface area (Å²) in [6.45, 7) is -1.01. The summed E-state index contributed by atoms with van der Waals surface area (Å²) in [4.78, 5) is 26.0. The summed E-state index contributed by atoms with van der Waals surface area (Å²) < 4.78 is 45.1. The summed E-state index contributed by atoms with van der Waals surface area (Å²) in [5.74, 6) is -2.62. The Morgan fingerprint density at radius 1 is 0.863 bits per heavy atom. The Bertz CT molecular complexity index is 1690. The molecule has 2 saturated heterocycles. The smallest absolute Gasteiger partial charge is 0.331 e. The molecule has 16 nitrogen and oxygen atoms in total. The van der Waals surface area contributed by atoms with E-state index >= 15 is 0 Å². The average Bonchev–Trinajstić information content (AvgIpc) is 3.80. The van der Waals surface area contributed by atoms with E-state index in [1.54, 1.807) is 18.2 Å². The largest absolute Gasteiger partial charge is 0.504 e. The maximum atomic E-state index is 13.1. The lowest BCUT2D eigenvalue weighted by molar-refractivity contribution is -0.344. The number of ether oxygens (including phenoxy) is 8. The van der Waals surface area contributed by atoms with Crippen molar-refractivity contribution in [3.05, 3.63) is 72.0 Å². The molecule has 2 aromatic rings. The number of benzene rings is 2. The van der Waals surface area contributed by atoms with Crippen LogP contribution in [0.1, 0.15) is 11.1 Å². The van der Waals surface area contributed by atoms with Crippen molar-refractivity contribution in [3.63, 3.8) is 0 Å². The second-order valence-electron chi connectivity index (χ2n) is 12.3. The van der Waals surface area contributed by atoms with Gasteiger partial charge in [0.1, 0.15) is 48.8 Å². The Morgan fingerprint density at radius 2 is 1.49 bits per heavy atom. The highest BCUT2D eigenvalue weighted by Gasteiger charge is 2.78. The van der Waals surface area contributed by atoms with E-state index in [1.165, 1.54) is 69.1 Å². The Labute approximate surface area is 291 Å². The summed E-state index contributed by atoms with van der Waals surface area (Å²) in [5, 5.41) is 60.5. The molecule has 0 aromatic heterocycles. The maximum absolute atomic E-state index is 13.1. The molecule has 2 aromatic carbocycles. The average molecular weight is 715 g/mol. The summed E-state index contributed by atoms with van der Waals surface area (Å²) >= 11 is 0. The molecule has 51 heavy (non-hydrogen) atoms. The first kappa shape index (κ1) is 36.1. The van der Waals surface area contributed by atoms with Crippen LogP contribution in [0.3, 0.4) is 0 Å². The van der Waals surface area contributed by atoms with E-state index < -0.39 is 85.2 Å². The van der Waals surface area contributed by atoms with E-state index in [9.17, 15) is 40.2 Å². The van der Waals surface area contributed by atoms with E-state index in [0.29, 0.717) is 11.1 Å². The molecule has 11 atom stereocenters. The van der Waals surface area contributed by atoms with Crippen LogP contribution in [0.25, 0.3) is 12.2 Å². The number of aliphatic hydroxyl groups excluding tert-OH is 4. The third-order valence-corrected chi connectivity index (χ3v) is 9.27. The van der Waals surface area contributed by atoms with E-state index in [1.807, 2.05) is 0 Å². The van der Waals surface area contributed by atoms with Gasteiger partial charge in [-0.1, -0.05) is 12.1 Å². The summed E-state index contributed by atoms with van der Waals surface area (Å²) in [6.07, 6.45) is -2.60. The van der Waals surface area contributed by atoms with Gasteiger partial charge in [0.05, 0.1) is 33.0 Å². The number of carbonyl (C=O) groups excluding carboxylic acids is 2. The number of epoxide rings is 1. The zero-order valence-electron chi connectivity index (χ0n) is 27.4. The van der Waals surface area contributed by atoms with Gasteiger partial charge in [-0.2, -0.15) is 0 Å². The molecule has 3 fully saturated rings. The Hall–Kier alpha value is -4.68. The highest BCUT2D eigenvalue weighted by molar-refractivity contribution is 5.88. The van der Waals surface area contributed by atoms with Crippen molar-refractivity contribution in [1.82, 2.24) is 0 Å². The lowest BCUT2D eigenvalue weighted by atomic mass is 9.85. The molecule has 4 aliphatic rings. The van der Waals surface area contributed by atoms with E-state index in [4.69, 9.17) is 37.9 Å². The number of carbonyl (C=O) groups is 2. The SMILES string of the molecule is COc1cc(/C=C/C(=O)OC[C@]23O[C@H]2[C@@H](OC(=O)/C=C/c2ccc(O)c(OC)c2)[C@@H]2C=CO[C@@H](O[C@@H]4OC(CO)[C@H](O)C(O)[C@@H]4O)[C@@H]23)ccc1O. The number of phenolic OH excluding ortho intramolecular Hbond substituents is 2. The predicted octanol–water partition coefficient (Wildman–Crippen LogP) is 0.367. The molecule has 0 radical (unpaired) electrons. The lowest BCUT2D eigenvalue weighted by Gasteiger charge is -2.43. The second-order valence-corrected chi connectivity index (χ2v) is 12.3. The highest BCUT2D eigenvalue weighted by Crippen LogP contribution is 2.61. The number of methoxy groups -OCH3 is 2. The molecule has 3 aliphatic heterocycles. The predicted molar refractivity (Wildman–Crippen MR) is 172 cm³/mol. The maximum Gasteiger partial charge on any atom is 0.331 e. The minimum Gasteiger partial charge on any atom is -0.504 e. The van der Waals surface area contributed by atoms with Gasteiger partial charge in [0.25, 0.3) is 0 Å². The van der Waals surface area contributed by atoms with Crippen molar-refractivity contribution in [2.24, 2.45) is 11.8 Å². The van der Waals surface area contributed by atoms with Crippen molar-refractivity contribution in [2.75, 3.05) is 27.4 Å². The van der Waals surface area contributed by atoms with Gasteiger partial charge in [0, 0.05) is 18.1 Å². The molecule has 0 spiro atoms. The van der Waals surface area contributed by atoms with Crippen LogP contribution in [-0.2, 0) is 38.0 Å². The third kappa shape index (κ3) is 7.25. The third-order valence-electron chi connectivity index (χ3n) is 9.27. The Morgan fingerprint density at radius 3 is 2.10 bits per heavy atom. The molecule has 6 rings (SSSR count). The molecule has 16 heteroatoms. The number of hydrogen-bond donors (Lipinski definition) is 6. The van der Waals surface area contributed by atoms with Gasteiger partial charge in [-0.3, -0.25) is 0 Å². The first-order valence-corrected chi connectivity index (χ1v) is 15.9. The van der Waals surface area contributed by atoms with Gasteiger partial charge in [-0.15, -0.1) is 0 Å². The van der Waals surface area contributed by atoms with Crippen molar-refractivity contribution in [1.29, 1.82) is 0 Å². The second kappa shape index (κ2) is 14.9. The molecule has 1 saturated carbocycles. The molecule has 0 amide bonds. The van der Waals surface area contributed by atoms with Crippen LogP contribution in [-0.4, -0.2) is 125 Å². The van der Waals surface area contributed by atoms with Crippen LogP contribution < -0.4 is 9.47 Å². The standard InChI is InChI=1S/C35H38O16/c1-44-22-13-17(3-7-20(22)37)5-9-25(39)47-16-35-27-19(11-12-46-33(27)50-34-30(43)29(42)28(41)24(15-36)48-34)31(32(35)51-35)49-26(40)10-6-18-4-8-21(38)23(14-18)45-2/h3-14,19,24,27-34,36-38,41-43H,15-16H2,1-2H3/b9-5+,10-6+/t19-,24?,27-,28+,29?,30+,31+,32+,33+,34+,35-/m1/s1. The summed E-state index contributed by atoms with van der Waals surface area (Å²) in [5.41, 5.74) is -0.197. The van der Waals surface area contributed by atoms with Gasteiger partial charge >= 0.3 is 11.9 Å². The van der Waals surface area contributed by atoms with Gasteiger partial charge in [-0.25, -0.2) is 9.59 Å². The van der Waals surface area contributed by atoms with Gasteiger partial charge < -0.3 is 68.5 Å². The van der Waals surface area contributed by atoms with Crippen LogP contribution in [0.5, 0.6) is 23.0 Å². The minimum atomic E-state index is -1.73. The zero-order valence-corrected chi connectivity index (χ0v) is 27.4. The van der Waals surface area contributed by atoms with Crippen LogP contribution in [0.4, 0.5) is 0 Å². The fourth-order valence-corrected chi connectivity index (χ4v) is 6.60. The molecule has 6 N–H and O–H groups in total. The first-order chi connectivity index (χ1) is 24.5. The van der Waals surface area contributed by atoms with Crippen molar-refractivity contribution < 1.29 is 78.1 Å². The van der Waals surface area contributed by atoms with Gasteiger partial charge in [-0.05, 0) is 53.6 Å². The fraction of sp³-hybridized carbons (Fsp3) is 0.429. The number of phenols is 2. The van der Waals surface area contributed by atoms with E-state index in [0.717, 1.165) is 0 Å². The van der Waals surface area contributed by atoms with Crippen LogP contribution in [0.15, 0.2) is 60.9 Å². The molecular formula is C35H38O16. The topological polar surface area (TPSA) is 233 Å². The number of aromatic hydroxyl groups is 2.